The van der Waals surface area contributed by atoms with Crippen molar-refractivity contribution in [1.29, 1.82) is 0 Å². The molecule has 2 aromatic rings. The highest BCUT2D eigenvalue weighted by molar-refractivity contribution is 5.97. The van der Waals surface area contributed by atoms with Gasteiger partial charge in [0, 0.05) is 11.3 Å². The maximum absolute atomic E-state index is 12.5. The van der Waals surface area contributed by atoms with Gasteiger partial charge in [0.2, 0.25) is 5.75 Å². The Morgan fingerprint density at radius 1 is 0.968 bits per heavy atom. The number of hydrogen-bond donors (Lipinski definition) is 4. The minimum atomic E-state index is -0.678. The highest BCUT2D eigenvalue weighted by Crippen LogP contribution is 2.38. The van der Waals surface area contributed by atoms with Gasteiger partial charge in [-0.2, -0.15) is 0 Å². The minimum absolute atomic E-state index is 0.0310. The second-order valence-corrected chi connectivity index (χ2v) is 6.64. The highest BCUT2D eigenvalue weighted by Gasteiger charge is 2.18. The van der Waals surface area contributed by atoms with Crippen LogP contribution >= 0.6 is 0 Å². The molecule has 5 N–H and O–H groups in total. The number of ether oxygens (including phenoxy) is 3. The van der Waals surface area contributed by atoms with E-state index in [0.717, 1.165) is 16.8 Å². The van der Waals surface area contributed by atoms with Crippen LogP contribution in [0.1, 0.15) is 21.5 Å². The van der Waals surface area contributed by atoms with Gasteiger partial charge in [-0.05, 0) is 37.6 Å². The molecular formula is C21H26N4O6. The molecule has 0 aliphatic rings. The van der Waals surface area contributed by atoms with E-state index in [1.807, 2.05) is 32.0 Å². The molecular weight excluding hydrogens is 404 g/mol. The van der Waals surface area contributed by atoms with Crippen molar-refractivity contribution in [2.75, 3.05) is 32.7 Å². The van der Waals surface area contributed by atoms with Crippen LogP contribution in [0.3, 0.4) is 0 Å². The minimum Gasteiger partial charge on any atom is -0.493 e. The van der Waals surface area contributed by atoms with Crippen LogP contribution in [0, 0.1) is 13.8 Å². The molecule has 0 heterocycles. The molecule has 31 heavy (non-hydrogen) atoms. The molecule has 2 aromatic carbocycles. The third-order valence-corrected chi connectivity index (χ3v) is 4.22. The van der Waals surface area contributed by atoms with Crippen molar-refractivity contribution in [2.45, 2.75) is 13.8 Å². The molecule has 0 saturated heterocycles. The topological polar surface area (TPSA) is 141 Å². The quantitative estimate of drug-likeness (QED) is 0.436. The number of hydrazine groups is 1. The molecule has 0 radical (unpaired) electrons. The van der Waals surface area contributed by atoms with Gasteiger partial charge in [0.05, 0.1) is 20.8 Å². The first-order chi connectivity index (χ1) is 14.7. The molecule has 0 fully saturated rings. The molecule has 0 saturated carbocycles. The number of methoxy groups -OCH3 is 2. The van der Waals surface area contributed by atoms with Crippen LogP contribution in [-0.4, -0.2) is 45.1 Å². The Balaban J connectivity index is 2.00. The zero-order valence-electron chi connectivity index (χ0n) is 17.8. The molecule has 0 spiro atoms. The van der Waals surface area contributed by atoms with Crippen molar-refractivity contribution in [3.8, 4) is 17.2 Å². The molecule has 0 atom stereocenters. The number of rotatable bonds is 9. The maximum atomic E-state index is 12.5. The lowest BCUT2D eigenvalue weighted by molar-refractivity contribution is -0.120. The van der Waals surface area contributed by atoms with E-state index in [9.17, 15) is 14.4 Å². The molecule has 0 bridgehead atoms. The van der Waals surface area contributed by atoms with Crippen LogP contribution in [0.5, 0.6) is 17.2 Å². The molecule has 0 aliphatic carbocycles. The summed E-state index contributed by atoms with van der Waals surface area (Å²) in [7, 11) is 2.74. The van der Waals surface area contributed by atoms with E-state index < -0.39 is 17.7 Å². The van der Waals surface area contributed by atoms with Crippen LogP contribution in [-0.2, 0) is 9.59 Å². The third kappa shape index (κ3) is 6.53. The lowest BCUT2D eigenvalue weighted by Crippen LogP contribution is -2.44. The molecule has 166 valence electrons. The third-order valence-electron chi connectivity index (χ3n) is 4.22. The number of benzene rings is 2. The van der Waals surface area contributed by atoms with Gasteiger partial charge in [-0.1, -0.05) is 17.7 Å². The SMILES string of the molecule is COc1cc(C(=O)NNC(=O)CNc2ccc(C)cc2C)cc(OC)c1OCC(N)=O. The van der Waals surface area contributed by atoms with Gasteiger partial charge in [-0.25, -0.2) is 0 Å². The molecule has 2 rings (SSSR count). The summed E-state index contributed by atoms with van der Waals surface area (Å²) in [5.41, 5.74) is 12.9. The standard InChI is InChI=1S/C21H26N4O6/c1-12-5-6-15(13(2)7-12)23-10-19(27)24-25-21(28)14-8-16(29-3)20(17(9-14)30-4)31-11-18(22)26/h5-9,23H,10-11H2,1-4H3,(H2,22,26)(H,24,27)(H,25,28). The molecule has 0 aliphatic heterocycles. The Hall–Kier alpha value is -3.95. The van der Waals surface area contributed by atoms with E-state index in [4.69, 9.17) is 19.9 Å². The fourth-order valence-electron chi connectivity index (χ4n) is 2.73. The number of carbonyl (C=O) groups is 3. The summed E-state index contributed by atoms with van der Waals surface area (Å²) in [6.45, 7) is 3.50. The highest BCUT2D eigenvalue weighted by atomic mass is 16.5. The van der Waals surface area contributed by atoms with Crippen molar-refractivity contribution < 1.29 is 28.6 Å². The molecule has 0 unspecified atom stereocenters. The number of primary amides is 1. The Morgan fingerprint density at radius 2 is 1.61 bits per heavy atom. The molecule has 0 aromatic heterocycles. The summed E-state index contributed by atoms with van der Waals surface area (Å²) in [6.07, 6.45) is 0. The number of anilines is 1. The predicted molar refractivity (Wildman–Crippen MR) is 114 cm³/mol. The van der Waals surface area contributed by atoms with Gasteiger partial charge in [-0.15, -0.1) is 0 Å². The zero-order chi connectivity index (χ0) is 23.0. The van der Waals surface area contributed by atoms with Crippen LogP contribution < -0.4 is 36.1 Å². The number of aryl methyl sites for hydroxylation is 2. The number of carbonyl (C=O) groups excluding carboxylic acids is 3. The Bertz CT molecular complexity index is 951. The van der Waals surface area contributed by atoms with E-state index in [-0.39, 0.29) is 36.0 Å². The summed E-state index contributed by atoms with van der Waals surface area (Å²) < 4.78 is 15.7. The zero-order valence-corrected chi connectivity index (χ0v) is 17.8. The van der Waals surface area contributed by atoms with E-state index in [2.05, 4.69) is 16.2 Å². The first-order valence-corrected chi connectivity index (χ1v) is 9.32. The van der Waals surface area contributed by atoms with Crippen LogP contribution in [0.25, 0.3) is 0 Å². The van der Waals surface area contributed by atoms with Crippen molar-refractivity contribution in [3.05, 3.63) is 47.0 Å². The van der Waals surface area contributed by atoms with Crippen molar-refractivity contribution in [1.82, 2.24) is 10.9 Å². The van der Waals surface area contributed by atoms with Gasteiger partial charge in [0.1, 0.15) is 0 Å². The van der Waals surface area contributed by atoms with E-state index in [1.54, 1.807) is 0 Å². The largest absolute Gasteiger partial charge is 0.493 e. The van der Waals surface area contributed by atoms with Crippen molar-refractivity contribution in [3.63, 3.8) is 0 Å². The van der Waals surface area contributed by atoms with Crippen LogP contribution in [0.2, 0.25) is 0 Å². The average Bonchev–Trinajstić information content (AvgIpc) is 2.74. The number of nitrogens with one attached hydrogen (secondary N) is 3. The van der Waals surface area contributed by atoms with Gasteiger partial charge < -0.3 is 25.3 Å². The van der Waals surface area contributed by atoms with Gasteiger partial charge in [0.25, 0.3) is 17.7 Å². The van der Waals surface area contributed by atoms with Gasteiger partial charge in [-0.3, -0.25) is 25.2 Å². The maximum Gasteiger partial charge on any atom is 0.269 e. The number of hydrogen-bond acceptors (Lipinski definition) is 7. The van der Waals surface area contributed by atoms with Crippen LogP contribution in [0.4, 0.5) is 5.69 Å². The monoisotopic (exact) mass is 430 g/mol. The lowest BCUT2D eigenvalue weighted by Gasteiger charge is -2.15. The second-order valence-electron chi connectivity index (χ2n) is 6.64. The molecule has 10 nitrogen and oxygen atoms in total. The fourth-order valence-corrected chi connectivity index (χ4v) is 2.73. The first-order valence-electron chi connectivity index (χ1n) is 9.32. The van der Waals surface area contributed by atoms with Crippen molar-refractivity contribution >= 4 is 23.4 Å². The Morgan fingerprint density at radius 3 is 2.16 bits per heavy atom. The summed E-state index contributed by atoms with van der Waals surface area (Å²) in [5.74, 6) is -1.26. The number of amides is 3. The Kier molecular flexibility index (Phi) is 8.07. The lowest BCUT2D eigenvalue weighted by atomic mass is 10.1. The van der Waals surface area contributed by atoms with E-state index in [0.29, 0.717) is 0 Å². The average molecular weight is 430 g/mol. The van der Waals surface area contributed by atoms with Crippen LogP contribution in [0.15, 0.2) is 30.3 Å². The number of nitrogens with two attached hydrogens (primary N) is 1. The van der Waals surface area contributed by atoms with Gasteiger partial charge in [0.15, 0.2) is 18.1 Å². The first kappa shape index (κ1) is 23.3. The molecule has 10 heteroatoms. The fraction of sp³-hybridized carbons (Fsp3) is 0.286. The summed E-state index contributed by atoms with van der Waals surface area (Å²) in [4.78, 5) is 35.5. The normalized spacial score (nSPS) is 10.1. The molecule has 3 amide bonds. The summed E-state index contributed by atoms with van der Waals surface area (Å²) >= 11 is 0. The Labute approximate surface area is 180 Å². The predicted octanol–water partition coefficient (Wildman–Crippen LogP) is 1.06. The van der Waals surface area contributed by atoms with Crippen molar-refractivity contribution in [2.24, 2.45) is 5.73 Å². The summed E-state index contributed by atoms with van der Waals surface area (Å²) in [5, 5.41) is 3.01. The summed E-state index contributed by atoms with van der Waals surface area (Å²) in [6, 6.07) is 8.59. The van der Waals surface area contributed by atoms with E-state index >= 15 is 0 Å². The van der Waals surface area contributed by atoms with E-state index in [1.165, 1.54) is 26.4 Å². The second kappa shape index (κ2) is 10.7. The van der Waals surface area contributed by atoms with Gasteiger partial charge >= 0.3 is 0 Å². The smallest absolute Gasteiger partial charge is 0.269 e.